The highest BCUT2D eigenvalue weighted by Crippen LogP contribution is 2.33. The lowest BCUT2D eigenvalue weighted by Gasteiger charge is -2.11. The summed E-state index contributed by atoms with van der Waals surface area (Å²) in [4.78, 5) is 15.2. The van der Waals surface area contributed by atoms with Crippen molar-refractivity contribution in [2.45, 2.75) is 13.5 Å². The number of hydrogen-bond donors (Lipinski definition) is 1. The number of aromatic nitrogens is 1. The number of hydrogen-bond acceptors (Lipinski definition) is 3. The van der Waals surface area contributed by atoms with E-state index in [-0.39, 0.29) is 28.0 Å². The maximum absolute atomic E-state index is 11.2. The van der Waals surface area contributed by atoms with E-state index in [1.165, 1.54) is 12.1 Å². The smallest absolute Gasteiger partial charge is 0.339 e. The molecule has 0 radical (unpaired) electrons. The maximum Gasteiger partial charge on any atom is 0.339 e. The third-order valence-electron chi connectivity index (χ3n) is 2.55. The van der Waals surface area contributed by atoms with Crippen LogP contribution in [0.15, 0.2) is 30.6 Å². The first-order valence-corrected chi connectivity index (χ1v) is 6.48. The van der Waals surface area contributed by atoms with Crippen LogP contribution in [0.5, 0.6) is 5.75 Å². The predicted octanol–water partition coefficient (Wildman–Crippen LogP) is 3.97. The molecular weight excluding hydrogens is 301 g/mol. The van der Waals surface area contributed by atoms with Crippen LogP contribution in [-0.2, 0) is 6.61 Å². The molecule has 6 heteroatoms. The maximum atomic E-state index is 11.2. The summed E-state index contributed by atoms with van der Waals surface area (Å²) >= 11 is 11.8. The van der Waals surface area contributed by atoms with Crippen molar-refractivity contribution in [2.24, 2.45) is 0 Å². The first-order chi connectivity index (χ1) is 9.47. The van der Waals surface area contributed by atoms with Gasteiger partial charge in [0.2, 0.25) is 0 Å². The van der Waals surface area contributed by atoms with Gasteiger partial charge in [0, 0.05) is 23.0 Å². The highest BCUT2D eigenvalue weighted by Gasteiger charge is 2.16. The molecule has 0 spiro atoms. The van der Waals surface area contributed by atoms with Crippen LogP contribution in [0, 0.1) is 6.92 Å². The summed E-state index contributed by atoms with van der Waals surface area (Å²) < 4.78 is 5.51. The monoisotopic (exact) mass is 311 g/mol. The number of carbonyl (C=O) groups is 1. The van der Waals surface area contributed by atoms with Crippen LogP contribution in [0.2, 0.25) is 10.0 Å². The average Bonchev–Trinajstić information content (AvgIpc) is 2.36. The lowest BCUT2D eigenvalue weighted by atomic mass is 10.2. The van der Waals surface area contributed by atoms with Crippen molar-refractivity contribution >= 4 is 29.2 Å². The highest BCUT2D eigenvalue weighted by molar-refractivity contribution is 6.36. The zero-order chi connectivity index (χ0) is 14.7. The van der Waals surface area contributed by atoms with Gasteiger partial charge in [0.1, 0.15) is 12.2 Å². The second-order valence-corrected chi connectivity index (χ2v) is 5.07. The molecule has 104 valence electrons. The topological polar surface area (TPSA) is 59.4 Å². The van der Waals surface area contributed by atoms with Gasteiger partial charge in [-0.05, 0) is 30.7 Å². The average molecular weight is 312 g/mol. The number of aryl methyl sites for hydroxylation is 1. The summed E-state index contributed by atoms with van der Waals surface area (Å²) in [6.45, 7) is 2.09. The van der Waals surface area contributed by atoms with Gasteiger partial charge in [0.15, 0.2) is 5.75 Å². The van der Waals surface area contributed by atoms with Crippen LogP contribution < -0.4 is 4.74 Å². The van der Waals surface area contributed by atoms with Gasteiger partial charge in [0.25, 0.3) is 0 Å². The Labute approximate surface area is 125 Å². The molecule has 0 unspecified atom stereocenters. The number of aromatic carboxylic acids is 1. The number of nitrogens with zero attached hydrogens (tertiary/aromatic N) is 1. The molecule has 20 heavy (non-hydrogen) atoms. The van der Waals surface area contributed by atoms with Crippen LogP contribution >= 0.6 is 23.2 Å². The standard InChI is InChI=1S/C14H11Cl2NO3/c1-8-2-9(6-17-5-8)7-20-13-11(14(18)19)3-10(15)4-12(13)16/h2-6H,7H2,1H3,(H,18,19). The molecule has 2 rings (SSSR count). The van der Waals surface area contributed by atoms with E-state index in [1.807, 2.05) is 13.0 Å². The molecule has 0 fully saturated rings. The number of pyridine rings is 1. The molecule has 1 aromatic carbocycles. The third-order valence-corrected chi connectivity index (χ3v) is 3.05. The Morgan fingerprint density at radius 3 is 2.70 bits per heavy atom. The first-order valence-electron chi connectivity index (χ1n) is 5.73. The highest BCUT2D eigenvalue weighted by atomic mass is 35.5. The molecule has 4 nitrogen and oxygen atoms in total. The van der Waals surface area contributed by atoms with Crippen molar-refractivity contribution in [3.63, 3.8) is 0 Å². The van der Waals surface area contributed by atoms with Crippen molar-refractivity contribution in [3.05, 3.63) is 57.3 Å². The van der Waals surface area contributed by atoms with Crippen molar-refractivity contribution in [1.82, 2.24) is 4.98 Å². The van der Waals surface area contributed by atoms with Crippen molar-refractivity contribution < 1.29 is 14.6 Å². The minimum absolute atomic E-state index is 0.0666. The zero-order valence-electron chi connectivity index (χ0n) is 10.6. The summed E-state index contributed by atoms with van der Waals surface area (Å²) in [5, 5.41) is 9.56. The van der Waals surface area contributed by atoms with E-state index in [9.17, 15) is 4.79 Å². The Morgan fingerprint density at radius 1 is 1.30 bits per heavy atom. The summed E-state index contributed by atoms with van der Waals surface area (Å²) in [7, 11) is 0. The number of benzene rings is 1. The van der Waals surface area contributed by atoms with E-state index in [4.69, 9.17) is 33.0 Å². The van der Waals surface area contributed by atoms with E-state index in [0.717, 1.165) is 11.1 Å². The lowest BCUT2D eigenvalue weighted by Crippen LogP contribution is -2.04. The van der Waals surface area contributed by atoms with Gasteiger partial charge in [-0.25, -0.2) is 4.79 Å². The minimum atomic E-state index is -1.15. The van der Waals surface area contributed by atoms with Gasteiger partial charge in [-0.1, -0.05) is 23.2 Å². The Balaban J connectivity index is 2.27. The summed E-state index contributed by atoms with van der Waals surface area (Å²) in [6, 6.07) is 4.65. The zero-order valence-corrected chi connectivity index (χ0v) is 12.1. The fraction of sp³-hybridized carbons (Fsp3) is 0.143. The largest absolute Gasteiger partial charge is 0.486 e. The molecule has 0 amide bonds. The first kappa shape index (κ1) is 14.6. The van der Waals surface area contributed by atoms with E-state index >= 15 is 0 Å². The van der Waals surface area contributed by atoms with Crippen molar-refractivity contribution in [3.8, 4) is 5.75 Å². The number of ether oxygens (including phenoxy) is 1. The molecule has 1 N–H and O–H groups in total. The normalized spacial score (nSPS) is 10.3. The number of carboxylic acids is 1. The summed E-state index contributed by atoms with van der Waals surface area (Å²) in [5.41, 5.74) is 1.75. The van der Waals surface area contributed by atoms with Gasteiger partial charge < -0.3 is 9.84 Å². The van der Waals surface area contributed by atoms with Crippen molar-refractivity contribution in [1.29, 1.82) is 0 Å². The summed E-state index contributed by atoms with van der Waals surface area (Å²) in [5.74, 6) is -1.04. The van der Waals surface area contributed by atoms with E-state index < -0.39 is 5.97 Å². The van der Waals surface area contributed by atoms with E-state index in [1.54, 1.807) is 12.4 Å². The summed E-state index contributed by atoms with van der Waals surface area (Å²) in [6.07, 6.45) is 3.37. The lowest BCUT2D eigenvalue weighted by molar-refractivity contribution is 0.0691. The molecule has 0 aliphatic rings. The minimum Gasteiger partial charge on any atom is -0.486 e. The number of rotatable bonds is 4. The number of halogens is 2. The Morgan fingerprint density at radius 2 is 2.05 bits per heavy atom. The quantitative estimate of drug-likeness (QED) is 0.928. The molecule has 1 heterocycles. The third kappa shape index (κ3) is 3.40. The van der Waals surface area contributed by atoms with Gasteiger partial charge in [-0.15, -0.1) is 0 Å². The molecule has 0 aliphatic heterocycles. The SMILES string of the molecule is Cc1cncc(COc2c(Cl)cc(Cl)cc2C(=O)O)c1. The molecule has 0 saturated carbocycles. The van der Waals surface area contributed by atoms with Crippen LogP contribution in [0.25, 0.3) is 0 Å². The van der Waals surface area contributed by atoms with E-state index in [0.29, 0.717) is 0 Å². The van der Waals surface area contributed by atoms with Crippen LogP contribution in [0.4, 0.5) is 0 Å². The van der Waals surface area contributed by atoms with Gasteiger partial charge in [-0.3, -0.25) is 4.98 Å². The predicted molar refractivity (Wildman–Crippen MR) is 76.7 cm³/mol. The second-order valence-electron chi connectivity index (χ2n) is 4.23. The van der Waals surface area contributed by atoms with Crippen LogP contribution in [0.3, 0.4) is 0 Å². The fourth-order valence-electron chi connectivity index (χ4n) is 1.72. The van der Waals surface area contributed by atoms with Crippen molar-refractivity contribution in [2.75, 3.05) is 0 Å². The second kappa shape index (κ2) is 6.11. The van der Waals surface area contributed by atoms with Gasteiger partial charge in [-0.2, -0.15) is 0 Å². The molecular formula is C14H11Cl2NO3. The number of carboxylic acid groups (broad SMARTS) is 1. The molecule has 0 aliphatic carbocycles. The molecule has 0 saturated heterocycles. The fourth-order valence-corrected chi connectivity index (χ4v) is 2.27. The van der Waals surface area contributed by atoms with E-state index in [2.05, 4.69) is 4.98 Å². The molecule has 1 aromatic heterocycles. The molecule has 0 bridgehead atoms. The molecule has 2 aromatic rings. The Hall–Kier alpha value is -1.78. The molecule has 0 atom stereocenters. The van der Waals surface area contributed by atoms with Gasteiger partial charge >= 0.3 is 5.97 Å². The van der Waals surface area contributed by atoms with Crippen LogP contribution in [0.1, 0.15) is 21.5 Å². The Bertz CT molecular complexity index is 659. The van der Waals surface area contributed by atoms with Crippen LogP contribution in [-0.4, -0.2) is 16.1 Å². The Kier molecular flexibility index (Phi) is 4.47. The van der Waals surface area contributed by atoms with Gasteiger partial charge in [0.05, 0.1) is 5.02 Å².